The number of phenolic OH excluding ortho intramolecular Hbond substituents is 1. The minimum absolute atomic E-state index is 0.00752. The summed E-state index contributed by atoms with van der Waals surface area (Å²) in [6.45, 7) is 2.63. The van der Waals surface area contributed by atoms with E-state index in [4.69, 9.17) is 16.1 Å². The van der Waals surface area contributed by atoms with E-state index in [0.29, 0.717) is 19.5 Å². The van der Waals surface area contributed by atoms with Crippen LogP contribution in [0.15, 0.2) is 28.8 Å². The van der Waals surface area contributed by atoms with Crippen LogP contribution < -0.4 is 0 Å². The molecule has 0 saturated carbocycles. The summed E-state index contributed by atoms with van der Waals surface area (Å²) in [6.07, 6.45) is 0.153. The van der Waals surface area contributed by atoms with E-state index in [1.54, 1.807) is 17.0 Å². The maximum Gasteiger partial charge on any atom is 0.227 e. The summed E-state index contributed by atoms with van der Waals surface area (Å²) in [4.78, 5) is 14.1. The largest absolute Gasteiger partial charge is 0.506 e. The SMILES string of the molecule is Cc1cc(C[C@@H]2CN(C(=O)Cc3ccc(O)c(Cl)c3)C[C@H]2O)on1. The summed E-state index contributed by atoms with van der Waals surface area (Å²) >= 11 is 5.86. The third kappa shape index (κ3) is 3.71. The minimum Gasteiger partial charge on any atom is -0.506 e. The van der Waals surface area contributed by atoms with Gasteiger partial charge >= 0.3 is 0 Å². The van der Waals surface area contributed by atoms with Crippen molar-refractivity contribution in [1.29, 1.82) is 0 Å². The molecule has 0 aliphatic carbocycles. The van der Waals surface area contributed by atoms with Crippen LogP contribution in [-0.2, 0) is 17.6 Å². The average Bonchev–Trinajstić information content (AvgIpc) is 3.10. The first-order chi connectivity index (χ1) is 11.4. The molecule has 128 valence electrons. The van der Waals surface area contributed by atoms with Gasteiger partial charge in [-0.1, -0.05) is 22.8 Å². The van der Waals surface area contributed by atoms with Crippen LogP contribution in [0.2, 0.25) is 5.02 Å². The predicted octanol–water partition coefficient (Wildman–Crippen LogP) is 1.95. The van der Waals surface area contributed by atoms with E-state index in [1.165, 1.54) is 6.07 Å². The van der Waals surface area contributed by atoms with Crippen molar-refractivity contribution in [2.45, 2.75) is 25.9 Å². The molecule has 0 bridgehead atoms. The molecule has 1 aliphatic rings. The Bertz CT molecular complexity index is 746. The molecule has 24 heavy (non-hydrogen) atoms. The quantitative estimate of drug-likeness (QED) is 0.880. The lowest BCUT2D eigenvalue weighted by molar-refractivity contribution is -0.129. The van der Waals surface area contributed by atoms with Gasteiger partial charge in [-0.2, -0.15) is 0 Å². The van der Waals surface area contributed by atoms with Gasteiger partial charge in [0.05, 0.1) is 23.2 Å². The number of aryl methyl sites for hydroxylation is 1. The van der Waals surface area contributed by atoms with Crippen molar-refractivity contribution in [3.8, 4) is 5.75 Å². The van der Waals surface area contributed by atoms with Crippen molar-refractivity contribution in [3.05, 3.63) is 46.3 Å². The summed E-state index contributed by atoms with van der Waals surface area (Å²) in [7, 11) is 0. The molecule has 2 N–H and O–H groups in total. The van der Waals surface area contributed by atoms with Crippen molar-refractivity contribution in [2.24, 2.45) is 5.92 Å². The Balaban J connectivity index is 1.60. The zero-order valence-electron chi connectivity index (χ0n) is 13.3. The van der Waals surface area contributed by atoms with E-state index in [-0.39, 0.29) is 29.0 Å². The highest BCUT2D eigenvalue weighted by atomic mass is 35.5. The molecule has 0 radical (unpaired) electrons. The van der Waals surface area contributed by atoms with Crippen LogP contribution in [0, 0.1) is 12.8 Å². The lowest BCUT2D eigenvalue weighted by Crippen LogP contribution is -2.31. The fourth-order valence-electron chi connectivity index (χ4n) is 2.98. The maximum atomic E-state index is 12.4. The molecule has 1 aromatic carbocycles. The summed E-state index contributed by atoms with van der Waals surface area (Å²) in [6, 6.07) is 6.56. The van der Waals surface area contributed by atoms with E-state index in [1.807, 2.05) is 13.0 Å². The molecule has 1 fully saturated rings. The van der Waals surface area contributed by atoms with E-state index >= 15 is 0 Å². The molecule has 0 unspecified atom stereocenters. The molecular weight excluding hydrogens is 332 g/mol. The van der Waals surface area contributed by atoms with Gasteiger partial charge in [-0.15, -0.1) is 0 Å². The number of halogens is 1. The topological polar surface area (TPSA) is 86.8 Å². The molecule has 1 aliphatic heterocycles. The van der Waals surface area contributed by atoms with Gasteiger partial charge in [0.2, 0.25) is 5.91 Å². The van der Waals surface area contributed by atoms with Gasteiger partial charge in [-0.25, -0.2) is 0 Å². The molecule has 2 atom stereocenters. The van der Waals surface area contributed by atoms with Crippen LogP contribution >= 0.6 is 11.6 Å². The molecule has 1 aromatic heterocycles. The van der Waals surface area contributed by atoms with Gasteiger partial charge in [-0.05, 0) is 24.6 Å². The molecule has 1 saturated heterocycles. The second-order valence-corrected chi connectivity index (χ2v) is 6.63. The lowest BCUT2D eigenvalue weighted by Gasteiger charge is -2.16. The Hall–Kier alpha value is -2.05. The van der Waals surface area contributed by atoms with Crippen LogP contribution in [-0.4, -0.2) is 45.4 Å². The summed E-state index contributed by atoms with van der Waals surface area (Å²) in [5, 5.41) is 23.7. The van der Waals surface area contributed by atoms with Gasteiger partial charge in [-0.3, -0.25) is 4.79 Å². The minimum atomic E-state index is -0.581. The van der Waals surface area contributed by atoms with Gasteiger partial charge < -0.3 is 19.6 Å². The third-order valence-electron chi connectivity index (χ3n) is 4.27. The number of hydrogen-bond donors (Lipinski definition) is 2. The Morgan fingerprint density at radius 2 is 2.21 bits per heavy atom. The number of nitrogens with zero attached hydrogens (tertiary/aromatic N) is 2. The number of aromatic nitrogens is 1. The number of aliphatic hydroxyl groups is 1. The van der Waals surface area contributed by atoms with E-state index in [0.717, 1.165) is 17.0 Å². The van der Waals surface area contributed by atoms with E-state index in [2.05, 4.69) is 5.16 Å². The smallest absolute Gasteiger partial charge is 0.227 e. The summed E-state index contributed by atoms with van der Waals surface area (Å²) in [5.41, 5.74) is 1.53. The van der Waals surface area contributed by atoms with Crippen LogP contribution in [0.1, 0.15) is 17.0 Å². The van der Waals surface area contributed by atoms with Crippen molar-refractivity contribution in [1.82, 2.24) is 10.1 Å². The number of phenols is 1. The van der Waals surface area contributed by atoms with Gasteiger partial charge in [0.25, 0.3) is 0 Å². The summed E-state index contributed by atoms with van der Waals surface area (Å²) < 4.78 is 5.19. The number of aromatic hydroxyl groups is 1. The molecule has 3 rings (SSSR count). The molecule has 0 spiro atoms. The zero-order chi connectivity index (χ0) is 17.3. The number of benzene rings is 1. The van der Waals surface area contributed by atoms with Gasteiger partial charge in [0, 0.05) is 31.5 Å². The molecule has 6 nitrogen and oxygen atoms in total. The van der Waals surface area contributed by atoms with Crippen molar-refractivity contribution in [2.75, 3.05) is 13.1 Å². The fraction of sp³-hybridized carbons (Fsp3) is 0.412. The molecule has 7 heteroatoms. The zero-order valence-corrected chi connectivity index (χ0v) is 14.0. The molecular formula is C17H19ClN2O4. The number of rotatable bonds is 4. The molecule has 2 heterocycles. The lowest BCUT2D eigenvalue weighted by atomic mass is 10.0. The average molecular weight is 351 g/mol. The van der Waals surface area contributed by atoms with Crippen LogP contribution in [0.5, 0.6) is 5.75 Å². The fourth-order valence-corrected chi connectivity index (χ4v) is 3.18. The highest BCUT2D eigenvalue weighted by Crippen LogP contribution is 2.26. The van der Waals surface area contributed by atoms with E-state index in [9.17, 15) is 15.0 Å². The monoisotopic (exact) mass is 350 g/mol. The molecule has 2 aromatic rings. The highest BCUT2D eigenvalue weighted by molar-refractivity contribution is 6.32. The highest BCUT2D eigenvalue weighted by Gasteiger charge is 2.34. The number of amides is 1. The first-order valence-electron chi connectivity index (χ1n) is 7.78. The number of β-amino-alcohol motifs (C(OH)–C–C–N with tert-alkyl or cyclic N) is 1. The maximum absolute atomic E-state index is 12.4. The molecule has 1 amide bonds. The first-order valence-corrected chi connectivity index (χ1v) is 8.15. The first kappa shape index (κ1) is 16.8. The summed E-state index contributed by atoms with van der Waals surface area (Å²) in [5.74, 6) is 0.569. The Morgan fingerprint density at radius 1 is 1.42 bits per heavy atom. The van der Waals surface area contributed by atoms with Gasteiger partial charge in [0.1, 0.15) is 11.5 Å². The standard InChI is InChI=1S/C17H19ClN2O4/c1-10-4-13(24-19-10)7-12-8-20(9-16(12)22)17(23)6-11-2-3-15(21)14(18)5-11/h2-5,12,16,21-22H,6-9H2,1H3/t12-,16-/m1/s1. The van der Waals surface area contributed by atoms with Crippen LogP contribution in [0.4, 0.5) is 0 Å². The van der Waals surface area contributed by atoms with Gasteiger partial charge in [0.15, 0.2) is 0 Å². The van der Waals surface area contributed by atoms with Crippen molar-refractivity contribution >= 4 is 17.5 Å². The normalized spacial score (nSPS) is 20.5. The van der Waals surface area contributed by atoms with Crippen molar-refractivity contribution < 1.29 is 19.5 Å². The number of hydrogen-bond acceptors (Lipinski definition) is 5. The number of carbonyl (C=O) groups excluding carboxylic acids is 1. The Labute approximate surface area is 144 Å². The predicted molar refractivity (Wildman–Crippen MR) is 87.8 cm³/mol. The van der Waals surface area contributed by atoms with E-state index < -0.39 is 6.10 Å². The Kier molecular flexibility index (Phi) is 4.78. The second kappa shape index (κ2) is 6.83. The Morgan fingerprint density at radius 3 is 2.88 bits per heavy atom. The van der Waals surface area contributed by atoms with Crippen LogP contribution in [0.25, 0.3) is 0 Å². The number of carbonyl (C=O) groups is 1. The second-order valence-electron chi connectivity index (χ2n) is 6.23. The van der Waals surface area contributed by atoms with Crippen LogP contribution in [0.3, 0.4) is 0 Å². The number of likely N-dealkylation sites (tertiary alicyclic amines) is 1. The van der Waals surface area contributed by atoms with Crippen molar-refractivity contribution in [3.63, 3.8) is 0 Å². The third-order valence-corrected chi connectivity index (χ3v) is 4.57. The number of aliphatic hydroxyl groups excluding tert-OH is 1.